The fraction of sp³-hybridized carbons (Fsp3) is 0.533. The lowest BCUT2D eigenvalue weighted by molar-refractivity contribution is -0.140. The van der Waals surface area contributed by atoms with E-state index >= 15 is 0 Å². The van der Waals surface area contributed by atoms with Crippen molar-refractivity contribution in [3.8, 4) is 6.07 Å². The molecule has 0 radical (unpaired) electrons. The molecule has 1 aromatic heterocycles. The number of carboxylic acids is 1. The minimum atomic E-state index is -0.760. The summed E-state index contributed by atoms with van der Waals surface area (Å²) in [5.74, 6) is -0.430. The summed E-state index contributed by atoms with van der Waals surface area (Å²) in [7, 11) is 0. The van der Waals surface area contributed by atoms with Crippen molar-refractivity contribution in [1.29, 1.82) is 5.26 Å². The standard InChI is InChI=1S/C15H17N3O2/c16-8-12-7-10-3-1-2-4-13(10)17-14(12)18-6-5-11(9-18)15(19)20/h7,11H,1-6,9H2,(H,19,20). The second-order valence-electron chi connectivity index (χ2n) is 5.55. The fourth-order valence-electron chi connectivity index (χ4n) is 3.10. The molecule has 1 N–H and O–H groups in total. The summed E-state index contributed by atoms with van der Waals surface area (Å²) in [6.45, 7) is 1.12. The van der Waals surface area contributed by atoms with Crippen LogP contribution in [0.2, 0.25) is 0 Å². The number of nitriles is 1. The number of aryl methyl sites for hydroxylation is 2. The zero-order chi connectivity index (χ0) is 14.1. The zero-order valence-corrected chi connectivity index (χ0v) is 11.3. The number of nitrogens with zero attached hydrogens (tertiary/aromatic N) is 3. The van der Waals surface area contributed by atoms with Gasteiger partial charge in [0, 0.05) is 18.8 Å². The average molecular weight is 271 g/mol. The van der Waals surface area contributed by atoms with Gasteiger partial charge < -0.3 is 10.0 Å². The Morgan fingerprint density at radius 3 is 2.95 bits per heavy atom. The first kappa shape index (κ1) is 12.9. The molecular formula is C15H17N3O2. The molecular weight excluding hydrogens is 254 g/mol. The highest BCUT2D eigenvalue weighted by molar-refractivity contribution is 5.72. The molecule has 2 heterocycles. The van der Waals surface area contributed by atoms with Gasteiger partial charge in [-0.2, -0.15) is 5.26 Å². The lowest BCUT2D eigenvalue weighted by atomic mass is 9.95. The van der Waals surface area contributed by atoms with Gasteiger partial charge in [0.25, 0.3) is 0 Å². The van der Waals surface area contributed by atoms with E-state index in [0.29, 0.717) is 30.9 Å². The molecule has 0 amide bonds. The van der Waals surface area contributed by atoms with Gasteiger partial charge in [-0.1, -0.05) is 0 Å². The number of rotatable bonds is 2. The van der Waals surface area contributed by atoms with E-state index in [-0.39, 0.29) is 5.92 Å². The summed E-state index contributed by atoms with van der Waals surface area (Å²) in [4.78, 5) is 17.7. The van der Waals surface area contributed by atoms with Crippen LogP contribution in [0.5, 0.6) is 0 Å². The van der Waals surface area contributed by atoms with Gasteiger partial charge in [0.05, 0.1) is 11.5 Å². The number of pyridine rings is 1. The number of carboxylic acid groups (broad SMARTS) is 1. The number of fused-ring (bicyclic) bond motifs is 1. The molecule has 0 aromatic carbocycles. The van der Waals surface area contributed by atoms with Crippen LogP contribution in [-0.4, -0.2) is 29.1 Å². The van der Waals surface area contributed by atoms with Crippen molar-refractivity contribution < 1.29 is 9.90 Å². The van der Waals surface area contributed by atoms with Gasteiger partial charge in [-0.3, -0.25) is 4.79 Å². The highest BCUT2D eigenvalue weighted by Gasteiger charge is 2.30. The Morgan fingerprint density at radius 2 is 2.25 bits per heavy atom. The van der Waals surface area contributed by atoms with Crippen molar-refractivity contribution in [2.24, 2.45) is 5.92 Å². The number of anilines is 1. The normalized spacial score (nSPS) is 21.4. The third-order valence-corrected chi connectivity index (χ3v) is 4.24. The number of hydrogen-bond acceptors (Lipinski definition) is 4. The van der Waals surface area contributed by atoms with Crippen LogP contribution in [0, 0.1) is 17.2 Å². The van der Waals surface area contributed by atoms with Gasteiger partial charge in [-0.05, 0) is 43.7 Å². The average Bonchev–Trinajstić information content (AvgIpc) is 2.95. The Kier molecular flexibility index (Phi) is 3.31. The van der Waals surface area contributed by atoms with Crippen molar-refractivity contribution in [2.45, 2.75) is 32.1 Å². The van der Waals surface area contributed by atoms with Crippen LogP contribution >= 0.6 is 0 Å². The summed E-state index contributed by atoms with van der Waals surface area (Å²) >= 11 is 0. The molecule has 1 unspecified atom stereocenters. The molecule has 0 saturated carbocycles. The van der Waals surface area contributed by atoms with E-state index in [9.17, 15) is 10.1 Å². The molecule has 5 nitrogen and oxygen atoms in total. The molecule has 0 spiro atoms. The Balaban J connectivity index is 1.93. The maximum atomic E-state index is 11.1. The van der Waals surface area contributed by atoms with E-state index in [1.807, 2.05) is 11.0 Å². The van der Waals surface area contributed by atoms with Crippen LogP contribution in [-0.2, 0) is 17.6 Å². The summed E-state index contributed by atoms with van der Waals surface area (Å²) in [6.07, 6.45) is 4.88. The Bertz CT molecular complexity index is 592. The van der Waals surface area contributed by atoms with Crippen LogP contribution in [0.3, 0.4) is 0 Å². The van der Waals surface area contributed by atoms with Crippen molar-refractivity contribution in [3.05, 3.63) is 22.9 Å². The third-order valence-electron chi connectivity index (χ3n) is 4.24. The van der Waals surface area contributed by atoms with E-state index in [0.717, 1.165) is 31.4 Å². The quantitative estimate of drug-likeness (QED) is 0.886. The smallest absolute Gasteiger partial charge is 0.308 e. The molecule has 3 rings (SSSR count). The van der Waals surface area contributed by atoms with E-state index in [2.05, 4.69) is 11.1 Å². The molecule has 1 fully saturated rings. The molecule has 1 aromatic rings. The van der Waals surface area contributed by atoms with E-state index < -0.39 is 5.97 Å². The Labute approximate surface area is 117 Å². The lowest BCUT2D eigenvalue weighted by Crippen LogP contribution is -2.25. The monoisotopic (exact) mass is 271 g/mol. The predicted octanol–water partition coefficient (Wildman–Crippen LogP) is 1.74. The first-order chi connectivity index (χ1) is 9.69. The van der Waals surface area contributed by atoms with E-state index in [1.54, 1.807) is 0 Å². The molecule has 1 aliphatic carbocycles. The van der Waals surface area contributed by atoms with Gasteiger partial charge >= 0.3 is 5.97 Å². The van der Waals surface area contributed by atoms with Crippen molar-refractivity contribution in [1.82, 2.24) is 4.98 Å². The lowest BCUT2D eigenvalue weighted by Gasteiger charge is -2.22. The highest BCUT2D eigenvalue weighted by Crippen LogP contribution is 2.29. The Hall–Kier alpha value is -2.09. The molecule has 0 bridgehead atoms. The van der Waals surface area contributed by atoms with Crippen molar-refractivity contribution >= 4 is 11.8 Å². The fourth-order valence-corrected chi connectivity index (χ4v) is 3.10. The molecule has 1 atom stereocenters. The molecule has 20 heavy (non-hydrogen) atoms. The van der Waals surface area contributed by atoms with Crippen molar-refractivity contribution in [2.75, 3.05) is 18.0 Å². The summed E-state index contributed by atoms with van der Waals surface area (Å²) in [5, 5.41) is 18.4. The first-order valence-corrected chi connectivity index (χ1v) is 7.09. The summed E-state index contributed by atoms with van der Waals surface area (Å²) < 4.78 is 0. The van der Waals surface area contributed by atoms with Gasteiger partial charge in [-0.25, -0.2) is 4.98 Å². The van der Waals surface area contributed by atoms with E-state index in [4.69, 9.17) is 5.11 Å². The number of aromatic nitrogens is 1. The molecule has 2 aliphatic rings. The minimum Gasteiger partial charge on any atom is -0.481 e. The van der Waals surface area contributed by atoms with Crippen LogP contribution in [0.25, 0.3) is 0 Å². The number of aliphatic carboxylic acids is 1. The number of hydrogen-bond donors (Lipinski definition) is 1. The minimum absolute atomic E-state index is 0.348. The first-order valence-electron chi connectivity index (χ1n) is 7.09. The summed E-state index contributed by atoms with van der Waals surface area (Å²) in [5.41, 5.74) is 2.85. The number of carbonyl (C=O) groups is 1. The topological polar surface area (TPSA) is 77.2 Å². The Morgan fingerprint density at radius 1 is 1.45 bits per heavy atom. The molecule has 1 saturated heterocycles. The third kappa shape index (κ3) is 2.22. The molecule has 5 heteroatoms. The van der Waals surface area contributed by atoms with Gasteiger partial charge in [0.2, 0.25) is 0 Å². The predicted molar refractivity (Wildman–Crippen MR) is 73.5 cm³/mol. The second-order valence-corrected chi connectivity index (χ2v) is 5.55. The maximum Gasteiger partial charge on any atom is 0.308 e. The van der Waals surface area contributed by atoms with E-state index in [1.165, 1.54) is 5.56 Å². The highest BCUT2D eigenvalue weighted by atomic mass is 16.4. The van der Waals surface area contributed by atoms with Gasteiger partial charge in [0.1, 0.15) is 11.9 Å². The van der Waals surface area contributed by atoms with Crippen LogP contribution in [0.4, 0.5) is 5.82 Å². The van der Waals surface area contributed by atoms with Crippen molar-refractivity contribution in [3.63, 3.8) is 0 Å². The van der Waals surface area contributed by atoms with Crippen LogP contribution in [0.15, 0.2) is 6.07 Å². The van der Waals surface area contributed by atoms with Crippen LogP contribution < -0.4 is 4.90 Å². The molecule has 104 valence electrons. The largest absolute Gasteiger partial charge is 0.481 e. The summed E-state index contributed by atoms with van der Waals surface area (Å²) in [6, 6.07) is 4.16. The second kappa shape index (κ2) is 5.12. The molecule has 1 aliphatic heterocycles. The SMILES string of the molecule is N#Cc1cc2c(nc1N1CCC(C(=O)O)C1)CCCC2. The van der Waals surface area contributed by atoms with Crippen LogP contribution in [0.1, 0.15) is 36.1 Å². The zero-order valence-electron chi connectivity index (χ0n) is 11.3. The van der Waals surface area contributed by atoms with Gasteiger partial charge in [0.15, 0.2) is 0 Å². The maximum absolute atomic E-state index is 11.1. The van der Waals surface area contributed by atoms with Gasteiger partial charge in [-0.15, -0.1) is 0 Å².